The zero-order valence-corrected chi connectivity index (χ0v) is 41.4. The van der Waals surface area contributed by atoms with Crippen LogP contribution in [0.5, 0.6) is 0 Å². The van der Waals surface area contributed by atoms with Gasteiger partial charge in [-0.1, -0.05) is 176 Å². The van der Waals surface area contributed by atoms with E-state index in [9.17, 15) is 14.3 Å². The Hall–Kier alpha value is -2.32. The smallest absolute Gasteiger partial charge is 0.306 e. The summed E-state index contributed by atoms with van der Waals surface area (Å²) in [6, 6.07) is 0. The molecule has 0 rings (SSSR count). The molecule has 0 aromatic carbocycles. The minimum atomic E-state index is -4.54. The average molecular weight is 888 g/mol. The lowest BCUT2D eigenvalue weighted by Crippen LogP contribution is -2.37. The molecule has 0 N–H and O–H groups in total. The van der Waals surface area contributed by atoms with E-state index in [-0.39, 0.29) is 32.2 Å². The number of esters is 1. The first-order valence-corrected chi connectivity index (χ1v) is 26.3. The molecular formula is C53H94NO7P. The van der Waals surface area contributed by atoms with E-state index in [0.717, 1.165) is 89.9 Å². The van der Waals surface area contributed by atoms with Gasteiger partial charge in [0.1, 0.15) is 19.3 Å². The van der Waals surface area contributed by atoms with Gasteiger partial charge in [0.15, 0.2) is 0 Å². The number of hydrogen-bond acceptors (Lipinski definition) is 7. The standard InChI is InChI=1S/C53H94NO7P/c1-6-8-10-12-14-16-18-20-22-24-25-26-27-28-29-30-32-34-36-38-40-42-44-46-53(55)61-52(51-60-62(56,57)59-49-47-54(3,4)5)50-58-48-45-43-41-39-37-35-33-31-23-21-19-17-15-13-11-9-7-2/h8,10,14,16,20,22-23,25-26,28-29,31-32,34,52H,6-7,9,11-13,15,17-19,21,24,27,30,33,35-51H2,1-5H3/b10-8-,16-14-,22-20-,26-25-,29-28-,31-23-,34-32-. The molecule has 0 aliphatic heterocycles. The molecule has 0 heterocycles. The number of phosphoric ester groups is 1. The second-order valence-electron chi connectivity index (χ2n) is 17.4. The van der Waals surface area contributed by atoms with Crippen LogP contribution >= 0.6 is 7.82 Å². The quantitative estimate of drug-likeness (QED) is 0.0198. The van der Waals surface area contributed by atoms with Crippen LogP contribution in [0.25, 0.3) is 0 Å². The molecule has 0 amide bonds. The highest BCUT2D eigenvalue weighted by Gasteiger charge is 2.20. The zero-order valence-electron chi connectivity index (χ0n) is 40.5. The highest BCUT2D eigenvalue weighted by Crippen LogP contribution is 2.38. The van der Waals surface area contributed by atoms with Crippen LogP contribution in [0.15, 0.2) is 85.1 Å². The molecule has 0 saturated heterocycles. The molecule has 8 nitrogen and oxygen atoms in total. The molecule has 9 heteroatoms. The molecule has 358 valence electrons. The Kier molecular flexibility index (Phi) is 43.6. The van der Waals surface area contributed by atoms with E-state index in [1.165, 1.54) is 77.0 Å². The van der Waals surface area contributed by atoms with Crippen LogP contribution < -0.4 is 4.89 Å². The minimum Gasteiger partial charge on any atom is -0.756 e. The van der Waals surface area contributed by atoms with Crippen molar-refractivity contribution < 1.29 is 37.3 Å². The maximum absolute atomic E-state index is 12.7. The summed E-state index contributed by atoms with van der Waals surface area (Å²) in [4.78, 5) is 25.1. The Balaban J connectivity index is 4.26. The van der Waals surface area contributed by atoms with Gasteiger partial charge in [0.05, 0.1) is 34.4 Å². The molecule has 0 spiro atoms. The number of quaternary nitrogens is 1. The number of allylic oxidation sites excluding steroid dienone is 14. The monoisotopic (exact) mass is 888 g/mol. The SMILES string of the molecule is CC/C=C\C/C=C\C/C=C\C/C=C\C/C=C\C/C=C\CCCCCCC(=O)OC(COCCCCCCCC/C=C\CCCCCCCCC)COP(=O)([O-])OCC[N+](C)(C)C. The van der Waals surface area contributed by atoms with Gasteiger partial charge in [-0.25, -0.2) is 0 Å². The third-order valence-corrected chi connectivity index (χ3v) is 11.1. The van der Waals surface area contributed by atoms with E-state index in [2.05, 4.69) is 98.9 Å². The summed E-state index contributed by atoms with van der Waals surface area (Å²) in [6.07, 6.45) is 60.3. The van der Waals surface area contributed by atoms with Gasteiger partial charge in [-0.15, -0.1) is 0 Å². The molecule has 0 bridgehead atoms. The number of phosphoric acid groups is 1. The van der Waals surface area contributed by atoms with Crippen LogP contribution in [0.2, 0.25) is 0 Å². The van der Waals surface area contributed by atoms with Crippen molar-refractivity contribution in [1.82, 2.24) is 0 Å². The molecule has 0 aliphatic rings. The van der Waals surface area contributed by atoms with Crippen molar-refractivity contribution >= 4 is 13.8 Å². The summed E-state index contributed by atoms with van der Waals surface area (Å²) in [7, 11) is 1.32. The Labute approximate surface area is 382 Å². The molecule has 62 heavy (non-hydrogen) atoms. The first kappa shape index (κ1) is 59.7. The van der Waals surface area contributed by atoms with E-state index >= 15 is 0 Å². The van der Waals surface area contributed by atoms with Crippen molar-refractivity contribution in [1.29, 1.82) is 0 Å². The number of nitrogens with zero attached hydrogens (tertiary/aromatic N) is 1. The summed E-state index contributed by atoms with van der Waals surface area (Å²) in [6.45, 7) is 5.24. The van der Waals surface area contributed by atoms with Crippen LogP contribution in [0.4, 0.5) is 0 Å². The lowest BCUT2D eigenvalue weighted by molar-refractivity contribution is -0.870. The zero-order chi connectivity index (χ0) is 45.5. The molecule has 2 unspecified atom stereocenters. The van der Waals surface area contributed by atoms with Gasteiger partial charge in [-0.3, -0.25) is 9.36 Å². The Morgan fingerprint density at radius 1 is 0.516 bits per heavy atom. The fraction of sp³-hybridized carbons (Fsp3) is 0.717. The van der Waals surface area contributed by atoms with Gasteiger partial charge >= 0.3 is 5.97 Å². The summed E-state index contributed by atoms with van der Waals surface area (Å²) in [5.41, 5.74) is 0. The number of ether oxygens (including phenoxy) is 2. The lowest BCUT2D eigenvalue weighted by Gasteiger charge is -2.28. The van der Waals surface area contributed by atoms with Crippen LogP contribution in [0.3, 0.4) is 0 Å². The predicted octanol–water partition coefficient (Wildman–Crippen LogP) is 14.6. The summed E-state index contributed by atoms with van der Waals surface area (Å²) in [5.74, 6) is -0.363. The second-order valence-corrected chi connectivity index (χ2v) is 18.8. The van der Waals surface area contributed by atoms with Crippen molar-refractivity contribution in [3.63, 3.8) is 0 Å². The van der Waals surface area contributed by atoms with Crippen LogP contribution in [0, 0.1) is 0 Å². The summed E-state index contributed by atoms with van der Waals surface area (Å²) < 4.78 is 34.7. The third-order valence-electron chi connectivity index (χ3n) is 10.2. The topological polar surface area (TPSA) is 94.1 Å². The van der Waals surface area contributed by atoms with Gasteiger partial charge in [-0.2, -0.15) is 0 Å². The highest BCUT2D eigenvalue weighted by atomic mass is 31.2. The fourth-order valence-electron chi connectivity index (χ4n) is 6.37. The summed E-state index contributed by atoms with van der Waals surface area (Å²) in [5, 5.41) is 0. The van der Waals surface area contributed by atoms with E-state index in [4.69, 9.17) is 18.5 Å². The first-order chi connectivity index (χ1) is 30.1. The molecular weight excluding hydrogens is 794 g/mol. The van der Waals surface area contributed by atoms with Crippen molar-refractivity contribution in [2.75, 3.05) is 54.1 Å². The minimum absolute atomic E-state index is 0.0152. The normalized spacial score (nSPS) is 14.4. The molecule has 0 aromatic rings. The number of carbonyl (C=O) groups is 1. The van der Waals surface area contributed by atoms with Gasteiger partial charge in [0, 0.05) is 13.0 Å². The highest BCUT2D eigenvalue weighted by molar-refractivity contribution is 7.45. The lowest BCUT2D eigenvalue weighted by atomic mass is 10.1. The van der Waals surface area contributed by atoms with Crippen LogP contribution in [-0.2, 0) is 27.9 Å². The maximum atomic E-state index is 12.7. The van der Waals surface area contributed by atoms with Crippen molar-refractivity contribution in [2.45, 2.75) is 193 Å². The van der Waals surface area contributed by atoms with Gasteiger partial charge in [-0.05, 0) is 89.9 Å². The molecule has 0 radical (unpaired) electrons. The van der Waals surface area contributed by atoms with Crippen LogP contribution in [-0.4, -0.2) is 70.7 Å². The Morgan fingerprint density at radius 3 is 1.42 bits per heavy atom. The van der Waals surface area contributed by atoms with E-state index in [1.54, 1.807) is 0 Å². The average Bonchev–Trinajstić information content (AvgIpc) is 3.23. The van der Waals surface area contributed by atoms with Crippen molar-refractivity contribution in [3.05, 3.63) is 85.1 Å². The van der Waals surface area contributed by atoms with E-state index in [1.807, 2.05) is 21.1 Å². The van der Waals surface area contributed by atoms with Gasteiger partial charge in [0.2, 0.25) is 0 Å². The summed E-state index contributed by atoms with van der Waals surface area (Å²) >= 11 is 0. The second kappa shape index (κ2) is 45.3. The molecule has 2 atom stereocenters. The predicted molar refractivity (Wildman–Crippen MR) is 263 cm³/mol. The third kappa shape index (κ3) is 48.7. The molecule has 0 saturated carbocycles. The number of likely N-dealkylation sites (N-methyl/N-ethyl adjacent to an activating group) is 1. The Morgan fingerprint density at radius 2 is 0.935 bits per heavy atom. The van der Waals surface area contributed by atoms with E-state index < -0.39 is 13.9 Å². The van der Waals surface area contributed by atoms with E-state index in [0.29, 0.717) is 17.6 Å². The number of hydrogen-bond donors (Lipinski definition) is 0. The largest absolute Gasteiger partial charge is 0.756 e. The van der Waals surface area contributed by atoms with Crippen LogP contribution in [0.1, 0.15) is 187 Å². The molecule has 0 aliphatic carbocycles. The molecule has 0 fully saturated rings. The number of carbonyl (C=O) groups excluding carboxylic acids is 1. The van der Waals surface area contributed by atoms with Gasteiger partial charge < -0.3 is 27.9 Å². The first-order valence-electron chi connectivity index (χ1n) is 24.8. The Bertz CT molecular complexity index is 1260. The molecule has 0 aromatic heterocycles. The number of unbranched alkanes of at least 4 members (excludes halogenated alkanes) is 17. The van der Waals surface area contributed by atoms with Gasteiger partial charge in [0.25, 0.3) is 7.82 Å². The number of rotatable bonds is 45. The maximum Gasteiger partial charge on any atom is 0.306 e. The van der Waals surface area contributed by atoms with Crippen molar-refractivity contribution in [3.8, 4) is 0 Å². The fourth-order valence-corrected chi connectivity index (χ4v) is 7.10. The van der Waals surface area contributed by atoms with Crippen molar-refractivity contribution in [2.24, 2.45) is 0 Å².